The van der Waals surface area contributed by atoms with Crippen LogP contribution in [0.3, 0.4) is 0 Å². The maximum Gasteiger partial charge on any atom is 0.336 e. The van der Waals surface area contributed by atoms with Gasteiger partial charge in [0.25, 0.3) is 0 Å². The minimum absolute atomic E-state index is 0.143. The molecule has 2 aromatic carbocycles. The fourth-order valence-electron chi connectivity index (χ4n) is 1.95. The van der Waals surface area contributed by atoms with Crippen molar-refractivity contribution < 1.29 is 19.4 Å². The number of aromatic carboxylic acids is 1. The summed E-state index contributed by atoms with van der Waals surface area (Å²) in [6.07, 6.45) is 0. The summed E-state index contributed by atoms with van der Waals surface area (Å²) in [6, 6.07) is 9.99. The first-order chi connectivity index (χ1) is 9.56. The normalized spacial score (nSPS) is 10.2. The second-order valence-electron chi connectivity index (χ2n) is 4.06. The first kappa shape index (κ1) is 14.2. The van der Waals surface area contributed by atoms with Gasteiger partial charge in [-0.05, 0) is 35.4 Å². The van der Waals surface area contributed by atoms with Crippen LogP contribution in [-0.2, 0) is 0 Å². The third kappa shape index (κ3) is 2.70. The molecule has 0 aliphatic heterocycles. The number of carbonyl (C=O) groups is 1. The van der Waals surface area contributed by atoms with Crippen LogP contribution in [0.5, 0.6) is 11.5 Å². The monoisotopic (exact) mass is 292 g/mol. The molecule has 0 amide bonds. The first-order valence-electron chi connectivity index (χ1n) is 5.82. The maximum absolute atomic E-state index is 11.3. The van der Waals surface area contributed by atoms with Crippen molar-refractivity contribution in [2.45, 2.75) is 0 Å². The predicted molar refractivity (Wildman–Crippen MR) is 77.0 cm³/mol. The van der Waals surface area contributed by atoms with Gasteiger partial charge in [-0.15, -0.1) is 0 Å². The highest BCUT2D eigenvalue weighted by Gasteiger charge is 2.14. The summed E-state index contributed by atoms with van der Waals surface area (Å²) in [6.45, 7) is 0. The molecule has 0 aliphatic carbocycles. The Labute approximate surface area is 121 Å². The molecule has 4 nitrogen and oxygen atoms in total. The summed E-state index contributed by atoms with van der Waals surface area (Å²) in [7, 11) is 3.07. The van der Waals surface area contributed by atoms with Gasteiger partial charge in [-0.1, -0.05) is 23.7 Å². The Hall–Kier alpha value is -2.20. The minimum Gasteiger partial charge on any atom is -0.493 e. The van der Waals surface area contributed by atoms with Crippen LogP contribution in [0, 0.1) is 0 Å². The van der Waals surface area contributed by atoms with E-state index in [-0.39, 0.29) is 5.56 Å². The SMILES string of the molecule is COc1ccc(-c2ccc(Cl)cc2C(=O)O)cc1OC. The molecule has 0 saturated carbocycles. The van der Waals surface area contributed by atoms with Gasteiger partial charge in [0, 0.05) is 5.02 Å². The minimum atomic E-state index is -1.03. The number of carboxylic acids is 1. The number of ether oxygens (including phenoxy) is 2. The molecule has 20 heavy (non-hydrogen) atoms. The fraction of sp³-hybridized carbons (Fsp3) is 0.133. The molecule has 0 atom stereocenters. The molecule has 0 aromatic heterocycles. The molecule has 2 rings (SSSR count). The molecule has 0 unspecified atom stereocenters. The summed E-state index contributed by atoms with van der Waals surface area (Å²) in [5.41, 5.74) is 1.43. The third-order valence-corrected chi connectivity index (χ3v) is 3.14. The summed E-state index contributed by atoms with van der Waals surface area (Å²) in [4.78, 5) is 11.3. The van der Waals surface area contributed by atoms with Gasteiger partial charge in [-0.2, -0.15) is 0 Å². The Bertz CT molecular complexity index is 652. The summed E-state index contributed by atoms with van der Waals surface area (Å²) in [5.74, 6) is 0.0932. The number of halogens is 1. The van der Waals surface area contributed by atoms with E-state index in [0.29, 0.717) is 22.1 Å². The van der Waals surface area contributed by atoms with Crippen LogP contribution >= 0.6 is 11.6 Å². The van der Waals surface area contributed by atoms with Crippen molar-refractivity contribution in [2.75, 3.05) is 14.2 Å². The Morgan fingerprint density at radius 2 is 1.75 bits per heavy atom. The molecule has 0 radical (unpaired) electrons. The van der Waals surface area contributed by atoms with Crippen molar-refractivity contribution in [3.05, 3.63) is 47.0 Å². The van der Waals surface area contributed by atoms with E-state index in [9.17, 15) is 9.90 Å². The number of rotatable bonds is 4. The lowest BCUT2D eigenvalue weighted by molar-refractivity contribution is 0.0697. The van der Waals surface area contributed by atoms with Gasteiger partial charge in [0.1, 0.15) is 0 Å². The molecule has 0 bridgehead atoms. The highest BCUT2D eigenvalue weighted by atomic mass is 35.5. The number of hydrogen-bond donors (Lipinski definition) is 1. The van der Waals surface area contributed by atoms with Gasteiger partial charge < -0.3 is 14.6 Å². The van der Waals surface area contributed by atoms with Crippen molar-refractivity contribution in [2.24, 2.45) is 0 Å². The van der Waals surface area contributed by atoms with E-state index in [0.717, 1.165) is 5.56 Å². The Kier molecular flexibility index (Phi) is 4.15. The predicted octanol–water partition coefficient (Wildman–Crippen LogP) is 3.72. The second-order valence-corrected chi connectivity index (χ2v) is 4.50. The standard InChI is InChI=1S/C15H13ClO4/c1-19-13-6-3-9(7-14(13)20-2)11-5-4-10(16)8-12(11)15(17)18/h3-8H,1-2H3,(H,17,18). The summed E-state index contributed by atoms with van der Waals surface area (Å²) < 4.78 is 10.4. The molecule has 2 aromatic rings. The molecule has 0 fully saturated rings. The molecule has 0 spiro atoms. The molecular formula is C15H13ClO4. The number of methoxy groups -OCH3 is 2. The third-order valence-electron chi connectivity index (χ3n) is 2.91. The van der Waals surface area contributed by atoms with E-state index in [4.69, 9.17) is 21.1 Å². The van der Waals surface area contributed by atoms with Gasteiger partial charge in [-0.3, -0.25) is 0 Å². The molecule has 1 N–H and O–H groups in total. The lowest BCUT2D eigenvalue weighted by atomic mass is 9.99. The molecular weight excluding hydrogens is 280 g/mol. The maximum atomic E-state index is 11.3. The van der Waals surface area contributed by atoms with Crippen LogP contribution in [0.1, 0.15) is 10.4 Å². The average Bonchev–Trinajstić information content (AvgIpc) is 2.46. The van der Waals surface area contributed by atoms with Crippen molar-refractivity contribution >= 4 is 17.6 Å². The molecule has 104 valence electrons. The van der Waals surface area contributed by atoms with E-state index >= 15 is 0 Å². The Balaban J connectivity index is 2.59. The van der Waals surface area contributed by atoms with Crippen LogP contribution in [0.4, 0.5) is 0 Å². The van der Waals surface area contributed by atoms with Crippen LogP contribution in [-0.4, -0.2) is 25.3 Å². The van der Waals surface area contributed by atoms with E-state index in [1.807, 2.05) is 0 Å². The van der Waals surface area contributed by atoms with E-state index in [1.165, 1.54) is 13.2 Å². The van der Waals surface area contributed by atoms with Gasteiger partial charge in [-0.25, -0.2) is 4.79 Å². The zero-order valence-electron chi connectivity index (χ0n) is 11.0. The smallest absolute Gasteiger partial charge is 0.336 e. The van der Waals surface area contributed by atoms with E-state index in [1.54, 1.807) is 37.4 Å². The summed E-state index contributed by atoms with van der Waals surface area (Å²) in [5, 5.41) is 9.65. The van der Waals surface area contributed by atoms with Crippen molar-refractivity contribution in [1.29, 1.82) is 0 Å². The van der Waals surface area contributed by atoms with Crippen LogP contribution in [0.2, 0.25) is 5.02 Å². The lowest BCUT2D eigenvalue weighted by Gasteiger charge is -2.11. The van der Waals surface area contributed by atoms with Gasteiger partial charge >= 0.3 is 5.97 Å². The van der Waals surface area contributed by atoms with Gasteiger partial charge in [0.15, 0.2) is 11.5 Å². The van der Waals surface area contributed by atoms with Crippen molar-refractivity contribution in [3.63, 3.8) is 0 Å². The lowest BCUT2D eigenvalue weighted by Crippen LogP contribution is -2.00. The molecule has 0 saturated heterocycles. The highest BCUT2D eigenvalue weighted by molar-refractivity contribution is 6.31. The molecule has 0 aliphatic rings. The quantitative estimate of drug-likeness (QED) is 0.933. The average molecular weight is 293 g/mol. The van der Waals surface area contributed by atoms with Crippen molar-refractivity contribution in [1.82, 2.24) is 0 Å². The molecule has 0 heterocycles. The van der Waals surface area contributed by atoms with Gasteiger partial charge in [0.2, 0.25) is 0 Å². The van der Waals surface area contributed by atoms with E-state index in [2.05, 4.69) is 0 Å². The fourth-order valence-corrected chi connectivity index (χ4v) is 2.12. The van der Waals surface area contributed by atoms with Crippen LogP contribution in [0.15, 0.2) is 36.4 Å². The second kappa shape index (κ2) is 5.84. The van der Waals surface area contributed by atoms with Crippen molar-refractivity contribution in [3.8, 4) is 22.6 Å². The Morgan fingerprint density at radius 1 is 1.05 bits per heavy atom. The Morgan fingerprint density at radius 3 is 2.35 bits per heavy atom. The molecule has 5 heteroatoms. The number of benzene rings is 2. The zero-order valence-corrected chi connectivity index (χ0v) is 11.8. The topological polar surface area (TPSA) is 55.8 Å². The number of carboxylic acid groups (broad SMARTS) is 1. The largest absolute Gasteiger partial charge is 0.493 e. The number of hydrogen-bond acceptors (Lipinski definition) is 3. The van der Waals surface area contributed by atoms with Gasteiger partial charge in [0.05, 0.1) is 19.8 Å². The van der Waals surface area contributed by atoms with E-state index < -0.39 is 5.97 Å². The highest BCUT2D eigenvalue weighted by Crippen LogP contribution is 2.34. The first-order valence-corrected chi connectivity index (χ1v) is 6.20. The zero-order chi connectivity index (χ0) is 14.7. The van der Waals surface area contributed by atoms with Crippen LogP contribution < -0.4 is 9.47 Å². The van der Waals surface area contributed by atoms with Crippen LogP contribution in [0.25, 0.3) is 11.1 Å². The summed E-state index contributed by atoms with van der Waals surface area (Å²) >= 11 is 5.85.